The zero-order chi connectivity index (χ0) is 23.4. The van der Waals surface area contributed by atoms with E-state index in [0.717, 1.165) is 31.4 Å². The number of nitrogens with zero attached hydrogens (tertiary/aromatic N) is 2. The Hall–Kier alpha value is -3.23. The third-order valence-corrected chi connectivity index (χ3v) is 6.05. The number of benzene rings is 2. The lowest BCUT2D eigenvalue weighted by atomic mass is 9.99. The van der Waals surface area contributed by atoms with Gasteiger partial charge < -0.3 is 19.9 Å². The third kappa shape index (κ3) is 5.97. The number of halogens is 3. The average Bonchev–Trinajstić information content (AvgIpc) is 3.09. The molecule has 9 heteroatoms. The summed E-state index contributed by atoms with van der Waals surface area (Å²) in [5, 5.41) is 2.99. The molecule has 0 aromatic heterocycles. The monoisotopic (exact) mass is 461 g/mol. The van der Waals surface area contributed by atoms with Crippen molar-refractivity contribution in [2.24, 2.45) is 5.92 Å². The lowest BCUT2D eigenvalue weighted by molar-refractivity contribution is -0.274. The number of likely N-dealkylation sites (tertiary alicyclic amines) is 2. The summed E-state index contributed by atoms with van der Waals surface area (Å²) in [7, 11) is 0. The molecule has 0 saturated carbocycles. The molecule has 2 bridgehead atoms. The molecular formula is C24H26F3N3O3. The van der Waals surface area contributed by atoms with Gasteiger partial charge in [0, 0.05) is 31.7 Å². The summed E-state index contributed by atoms with van der Waals surface area (Å²) in [5.74, 6) is -0.433. The number of hydrogen-bond acceptors (Lipinski definition) is 3. The van der Waals surface area contributed by atoms with Gasteiger partial charge in [-0.1, -0.05) is 30.3 Å². The van der Waals surface area contributed by atoms with E-state index in [4.69, 9.17) is 0 Å². The van der Waals surface area contributed by atoms with Crippen LogP contribution in [-0.2, 0) is 6.42 Å². The van der Waals surface area contributed by atoms with Crippen LogP contribution in [0.25, 0.3) is 0 Å². The van der Waals surface area contributed by atoms with Crippen molar-refractivity contribution < 1.29 is 27.5 Å². The van der Waals surface area contributed by atoms with E-state index in [1.165, 1.54) is 17.7 Å². The topological polar surface area (TPSA) is 61.9 Å². The van der Waals surface area contributed by atoms with E-state index in [2.05, 4.69) is 22.2 Å². The predicted octanol–water partition coefficient (Wildman–Crippen LogP) is 4.07. The third-order valence-electron chi connectivity index (χ3n) is 6.05. The summed E-state index contributed by atoms with van der Waals surface area (Å²) in [6.07, 6.45) is -2.19. The lowest BCUT2D eigenvalue weighted by Crippen LogP contribution is -2.48. The van der Waals surface area contributed by atoms with Gasteiger partial charge in [0.2, 0.25) is 0 Å². The Morgan fingerprint density at radius 3 is 2.42 bits per heavy atom. The Labute approximate surface area is 190 Å². The fourth-order valence-corrected chi connectivity index (χ4v) is 4.59. The van der Waals surface area contributed by atoms with Crippen LogP contribution in [0, 0.1) is 5.92 Å². The number of carbonyl (C=O) groups is 2. The Bertz CT molecular complexity index is 966. The summed E-state index contributed by atoms with van der Waals surface area (Å²) >= 11 is 0. The normalized spacial score (nSPS) is 20.0. The minimum atomic E-state index is -4.77. The molecule has 176 valence electrons. The van der Waals surface area contributed by atoms with Crippen LogP contribution in [0.15, 0.2) is 54.6 Å². The van der Waals surface area contributed by atoms with Crippen LogP contribution < -0.4 is 10.1 Å². The number of rotatable bonds is 6. The van der Waals surface area contributed by atoms with Crippen molar-refractivity contribution in [3.8, 4) is 5.75 Å². The molecule has 2 aliphatic heterocycles. The Morgan fingerprint density at radius 1 is 1.00 bits per heavy atom. The molecule has 2 aromatic carbocycles. The van der Waals surface area contributed by atoms with Crippen LogP contribution in [0.1, 0.15) is 28.8 Å². The summed E-state index contributed by atoms with van der Waals surface area (Å²) in [6.45, 7) is 2.11. The first kappa shape index (κ1) is 22.9. The first-order valence-corrected chi connectivity index (χ1v) is 11.0. The SMILES string of the molecule is O=C(c1ccc(OC(F)(F)F)cc1)N1CC2CC(C1)N(C(=O)NCCCc1ccccc1)C2. The Balaban J connectivity index is 1.27. The van der Waals surface area contributed by atoms with E-state index in [-0.39, 0.29) is 29.6 Å². The minimum absolute atomic E-state index is 0.0605. The fourth-order valence-electron chi connectivity index (χ4n) is 4.59. The number of urea groups is 1. The number of piperidine rings is 1. The van der Waals surface area contributed by atoms with E-state index in [1.807, 2.05) is 18.2 Å². The van der Waals surface area contributed by atoms with Crippen molar-refractivity contribution in [2.75, 3.05) is 26.2 Å². The van der Waals surface area contributed by atoms with Crippen LogP contribution in [0.2, 0.25) is 0 Å². The van der Waals surface area contributed by atoms with Gasteiger partial charge in [0.15, 0.2) is 0 Å². The molecule has 0 spiro atoms. The van der Waals surface area contributed by atoms with Gasteiger partial charge in [-0.25, -0.2) is 4.79 Å². The molecule has 2 unspecified atom stereocenters. The van der Waals surface area contributed by atoms with E-state index >= 15 is 0 Å². The van der Waals surface area contributed by atoms with Crippen LogP contribution in [0.4, 0.5) is 18.0 Å². The maximum Gasteiger partial charge on any atom is 0.573 e. The molecule has 6 nitrogen and oxygen atoms in total. The largest absolute Gasteiger partial charge is 0.573 e. The summed E-state index contributed by atoms with van der Waals surface area (Å²) in [5.41, 5.74) is 1.53. The van der Waals surface area contributed by atoms with Crippen molar-refractivity contribution in [3.05, 3.63) is 65.7 Å². The highest BCUT2D eigenvalue weighted by Crippen LogP contribution is 2.31. The molecule has 2 aliphatic rings. The zero-order valence-electron chi connectivity index (χ0n) is 18.1. The quantitative estimate of drug-likeness (QED) is 0.660. The van der Waals surface area contributed by atoms with Gasteiger partial charge in [-0.2, -0.15) is 0 Å². The van der Waals surface area contributed by atoms with Crippen molar-refractivity contribution in [1.29, 1.82) is 0 Å². The number of amides is 3. The number of ether oxygens (including phenoxy) is 1. The first-order chi connectivity index (χ1) is 15.8. The highest BCUT2D eigenvalue weighted by atomic mass is 19.4. The van der Waals surface area contributed by atoms with Crippen molar-refractivity contribution in [3.63, 3.8) is 0 Å². The number of alkyl halides is 3. The first-order valence-electron chi connectivity index (χ1n) is 11.0. The smallest absolute Gasteiger partial charge is 0.406 e. The van der Waals surface area contributed by atoms with Crippen LogP contribution >= 0.6 is 0 Å². The second-order valence-electron chi connectivity index (χ2n) is 8.51. The van der Waals surface area contributed by atoms with E-state index in [0.29, 0.717) is 31.7 Å². The molecule has 33 heavy (non-hydrogen) atoms. The molecule has 2 fully saturated rings. The van der Waals surface area contributed by atoms with Crippen LogP contribution in [0.5, 0.6) is 5.75 Å². The molecular weight excluding hydrogens is 435 g/mol. The summed E-state index contributed by atoms with van der Waals surface area (Å²) in [6, 6.07) is 14.8. The van der Waals surface area contributed by atoms with E-state index < -0.39 is 6.36 Å². The number of fused-ring (bicyclic) bond motifs is 2. The van der Waals surface area contributed by atoms with Gasteiger partial charge in [0.1, 0.15) is 5.75 Å². The second kappa shape index (κ2) is 9.72. The maximum atomic E-state index is 12.9. The average molecular weight is 461 g/mol. The highest BCUT2D eigenvalue weighted by Gasteiger charge is 2.42. The highest BCUT2D eigenvalue weighted by molar-refractivity contribution is 5.94. The second-order valence-corrected chi connectivity index (χ2v) is 8.51. The standard InChI is InChI=1S/C24H26F3N3O3/c25-24(26,27)33-21-10-8-19(9-11-21)22(31)29-14-18-13-20(16-29)30(15-18)23(32)28-12-4-7-17-5-2-1-3-6-17/h1-3,5-6,8-11,18,20H,4,7,12-16H2,(H,28,32). The van der Waals surface area contributed by atoms with Crippen molar-refractivity contribution >= 4 is 11.9 Å². The fraction of sp³-hybridized carbons (Fsp3) is 0.417. The molecule has 1 N–H and O–H groups in total. The Morgan fingerprint density at radius 2 is 1.73 bits per heavy atom. The molecule has 3 amide bonds. The van der Waals surface area contributed by atoms with Gasteiger partial charge >= 0.3 is 12.4 Å². The van der Waals surface area contributed by atoms with Gasteiger partial charge in [-0.15, -0.1) is 13.2 Å². The number of hydrogen-bond donors (Lipinski definition) is 1. The van der Waals surface area contributed by atoms with Crippen molar-refractivity contribution in [2.45, 2.75) is 31.7 Å². The van der Waals surface area contributed by atoms with Gasteiger partial charge in [-0.05, 0) is 55.0 Å². The Kier molecular flexibility index (Phi) is 6.76. The van der Waals surface area contributed by atoms with Gasteiger partial charge in [0.05, 0.1) is 6.04 Å². The molecule has 2 heterocycles. The van der Waals surface area contributed by atoms with Gasteiger partial charge in [-0.3, -0.25) is 4.79 Å². The molecule has 0 aliphatic carbocycles. The van der Waals surface area contributed by atoms with E-state index in [1.54, 1.807) is 9.80 Å². The molecule has 4 rings (SSSR count). The minimum Gasteiger partial charge on any atom is -0.406 e. The summed E-state index contributed by atoms with van der Waals surface area (Å²) < 4.78 is 40.8. The van der Waals surface area contributed by atoms with Crippen molar-refractivity contribution in [1.82, 2.24) is 15.1 Å². The zero-order valence-corrected chi connectivity index (χ0v) is 18.1. The molecule has 2 aromatic rings. The van der Waals surface area contributed by atoms with Crippen LogP contribution in [-0.4, -0.2) is 60.3 Å². The molecule has 0 radical (unpaired) electrons. The lowest BCUT2D eigenvalue weighted by Gasteiger charge is -2.33. The molecule has 2 saturated heterocycles. The maximum absolute atomic E-state index is 12.9. The molecule has 2 atom stereocenters. The number of carbonyl (C=O) groups excluding carboxylic acids is 2. The van der Waals surface area contributed by atoms with Crippen LogP contribution in [0.3, 0.4) is 0 Å². The predicted molar refractivity (Wildman–Crippen MR) is 116 cm³/mol. The summed E-state index contributed by atoms with van der Waals surface area (Å²) in [4.78, 5) is 29.1. The van der Waals surface area contributed by atoms with E-state index in [9.17, 15) is 22.8 Å². The number of aryl methyl sites for hydroxylation is 1. The van der Waals surface area contributed by atoms with Gasteiger partial charge in [0.25, 0.3) is 5.91 Å². The number of nitrogens with one attached hydrogen (secondary N) is 1.